The summed E-state index contributed by atoms with van der Waals surface area (Å²) in [5, 5.41) is 2.49. The first kappa shape index (κ1) is 18.8. The van der Waals surface area contributed by atoms with Gasteiger partial charge in [-0.05, 0) is 32.2 Å². The van der Waals surface area contributed by atoms with Gasteiger partial charge in [0.15, 0.2) is 11.3 Å². The van der Waals surface area contributed by atoms with Gasteiger partial charge >= 0.3 is 11.6 Å². The number of rotatable bonds is 6. The number of ether oxygens (including phenoxy) is 2. The number of carbonyl (C=O) groups is 1. The van der Waals surface area contributed by atoms with Crippen LogP contribution in [-0.2, 0) is 4.74 Å². The molecule has 0 N–H and O–H groups in total. The van der Waals surface area contributed by atoms with Crippen LogP contribution in [0.5, 0.6) is 5.75 Å². The summed E-state index contributed by atoms with van der Waals surface area (Å²) in [7, 11) is 1.55. The van der Waals surface area contributed by atoms with Gasteiger partial charge in [0.2, 0.25) is 0 Å². The quantitative estimate of drug-likeness (QED) is 0.372. The zero-order valence-electron chi connectivity index (χ0n) is 16.0. The number of hydrogen-bond acceptors (Lipinski definition) is 6. The summed E-state index contributed by atoms with van der Waals surface area (Å²) in [6.07, 6.45) is 0. The van der Waals surface area contributed by atoms with E-state index in [1.165, 1.54) is 6.07 Å². The maximum absolute atomic E-state index is 12.4. The first-order valence-electron chi connectivity index (χ1n) is 9.05. The van der Waals surface area contributed by atoms with Crippen LogP contribution in [-0.4, -0.2) is 32.8 Å². The van der Waals surface area contributed by atoms with Crippen LogP contribution in [0.15, 0.2) is 39.5 Å². The molecule has 1 aromatic heterocycles. The van der Waals surface area contributed by atoms with Gasteiger partial charge in [0, 0.05) is 23.9 Å². The second kappa shape index (κ2) is 7.70. The van der Waals surface area contributed by atoms with Gasteiger partial charge in [0.25, 0.3) is 0 Å². The Bertz CT molecular complexity index is 1050. The van der Waals surface area contributed by atoms with E-state index in [2.05, 4.69) is 18.7 Å². The topological polar surface area (TPSA) is 69.0 Å². The molecular weight excluding hydrogens is 346 g/mol. The lowest BCUT2D eigenvalue weighted by molar-refractivity contribution is 0.0521. The van der Waals surface area contributed by atoms with Crippen LogP contribution in [0.3, 0.4) is 0 Å². The summed E-state index contributed by atoms with van der Waals surface area (Å²) in [5.74, 6) is -0.205. The van der Waals surface area contributed by atoms with E-state index in [1.807, 2.05) is 24.3 Å². The van der Waals surface area contributed by atoms with E-state index >= 15 is 0 Å². The van der Waals surface area contributed by atoms with Crippen molar-refractivity contribution in [3.63, 3.8) is 0 Å². The zero-order chi connectivity index (χ0) is 19.6. The minimum absolute atomic E-state index is 0.118. The van der Waals surface area contributed by atoms with Crippen LogP contribution in [0, 0.1) is 0 Å². The zero-order valence-corrected chi connectivity index (χ0v) is 16.0. The van der Waals surface area contributed by atoms with E-state index in [4.69, 9.17) is 13.9 Å². The van der Waals surface area contributed by atoms with Gasteiger partial charge < -0.3 is 18.8 Å². The molecule has 0 saturated heterocycles. The molecule has 0 unspecified atom stereocenters. The molecule has 0 radical (unpaired) electrons. The molecule has 0 fully saturated rings. The van der Waals surface area contributed by atoms with Crippen LogP contribution in [0.1, 0.15) is 31.1 Å². The number of benzene rings is 2. The predicted octanol–water partition coefficient (Wildman–Crippen LogP) is 3.98. The standard InChI is InChI=1S/C21H23NO5/c1-5-22(6-2)17-14-11-9-8-10-13(14)15-12-16(20(23)26-7-3)21(24)27-18(15)19(17)25-4/h8-12H,5-7H2,1-4H3. The fourth-order valence-corrected chi connectivity index (χ4v) is 3.39. The molecular formula is C21H23NO5. The molecule has 1 heterocycles. The number of fused-ring (bicyclic) bond motifs is 3. The Morgan fingerprint density at radius 2 is 1.74 bits per heavy atom. The number of hydrogen-bond donors (Lipinski definition) is 0. The third-order valence-corrected chi connectivity index (χ3v) is 4.62. The molecule has 3 aromatic rings. The molecule has 27 heavy (non-hydrogen) atoms. The van der Waals surface area contributed by atoms with Crippen molar-refractivity contribution in [1.29, 1.82) is 0 Å². The molecule has 0 aliphatic rings. The Morgan fingerprint density at radius 3 is 2.33 bits per heavy atom. The smallest absolute Gasteiger partial charge is 0.351 e. The Balaban J connectivity index is 2.47. The molecule has 0 saturated carbocycles. The largest absolute Gasteiger partial charge is 0.491 e. The molecule has 0 aliphatic heterocycles. The summed E-state index contributed by atoms with van der Waals surface area (Å²) in [5.41, 5.74) is 0.348. The third-order valence-electron chi connectivity index (χ3n) is 4.62. The minimum atomic E-state index is -0.736. The van der Waals surface area contributed by atoms with E-state index in [9.17, 15) is 9.59 Å². The number of anilines is 1. The molecule has 0 aliphatic carbocycles. The molecule has 3 rings (SSSR count). The van der Waals surface area contributed by atoms with Crippen LogP contribution in [0.4, 0.5) is 5.69 Å². The van der Waals surface area contributed by atoms with E-state index < -0.39 is 11.6 Å². The molecule has 2 aromatic carbocycles. The lowest BCUT2D eigenvalue weighted by atomic mass is 10.0. The molecule has 0 atom stereocenters. The monoisotopic (exact) mass is 369 g/mol. The van der Waals surface area contributed by atoms with Crippen molar-refractivity contribution >= 4 is 33.4 Å². The SMILES string of the molecule is CCOC(=O)c1cc2c(oc1=O)c(OC)c(N(CC)CC)c1ccccc12. The highest BCUT2D eigenvalue weighted by Gasteiger charge is 2.23. The summed E-state index contributed by atoms with van der Waals surface area (Å²) in [6.45, 7) is 7.53. The molecule has 142 valence electrons. The van der Waals surface area contributed by atoms with Crippen LogP contribution < -0.4 is 15.3 Å². The number of carbonyl (C=O) groups excluding carboxylic acids is 1. The first-order valence-corrected chi connectivity index (χ1v) is 9.05. The van der Waals surface area contributed by atoms with Crippen molar-refractivity contribution < 1.29 is 18.7 Å². The van der Waals surface area contributed by atoms with Crippen molar-refractivity contribution in [2.45, 2.75) is 20.8 Å². The fraction of sp³-hybridized carbons (Fsp3) is 0.333. The Labute approximate surface area is 157 Å². The first-order chi connectivity index (χ1) is 13.1. The van der Waals surface area contributed by atoms with Crippen molar-refractivity contribution in [2.24, 2.45) is 0 Å². The molecule has 0 bridgehead atoms. The van der Waals surface area contributed by atoms with Crippen molar-refractivity contribution in [1.82, 2.24) is 0 Å². The Hall–Kier alpha value is -3.02. The van der Waals surface area contributed by atoms with E-state index in [1.54, 1.807) is 14.0 Å². The van der Waals surface area contributed by atoms with E-state index in [0.717, 1.165) is 29.5 Å². The van der Waals surface area contributed by atoms with Gasteiger partial charge in [-0.1, -0.05) is 24.3 Å². The summed E-state index contributed by atoms with van der Waals surface area (Å²) in [6, 6.07) is 9.34. The van der Waals surface area contributed by atoms with Gasteiger partial charge in [-0.2, -0.15) is 0 Å². The maximum Gasteiger partial charge on any atom is 0.351 e. The lowest BCUT2D eigenvalue weighted by Crippen LogP contribution is -2.23. The van der Waals surface area contributed by atoms with Crippen molar-refractivity contribution in [2.75, 3.05) is 31.7 Å². The summed E-state index contributed by atoms with van der Waals surface area (Å²) < 4.78 is 16.2. The Morgan fingerprint density at radius 1 is 1.07 bits per heavy atom. The van der Waals surface area contributed by atoms with Gasteiger partial charge in [0.05, 0.1) is 19.4 Å². The van der Waals surface area contributed by atoms with E-state index in [-0.39, 0.29) is 12.2 Å². The van der Waals surface area contributed by atoms with Crippen LogP contribution in [0.25, 0.3) is 21.7 Å². The summed E-state index contributed by atoms with van der Waals surface area (Å²) >= 11 is 0. The highest BCUT2D eigenvalue weighted by molar-refractivity contribution is 6.16. The van der Waals surface area contributed by atoms with Gasteiger partial charge in [-0.3, -0.25) is 0 Å². The average Bonchev–Trinajstić information content (AvgIpc) is 2.68. The van der Waals surface area contributed by atoms with E-state index in [0.29, 0.717) is 16.7 Å². The third kappa shape index (κ3) is 3.12. The van der Waals surface area contributed by atoms with Crippen LogP contribution >= 0.6 is 0 Å². The molecule has 0 amide bonds. The Kier molecular flexibility index (Phi) is 5.35. The summed E-state index contributed by atoms with van der Waals surface area (Å²) in [4.78, 5) is 26.7. The van der Waals surface area contributed by atoms with Crippen LogP contribution in [0.2, 0.25) is 0 Å². The lowest BCUT2D eigenvalue weighted by Gasteiger charge is -2.26. The fourth-order valence-electron chi connectivity index (χ4n) is 3.39. The minimum Gasteiger partial charge on any atom is -0.491 e. The number of nitrogens with zero attached hydrogens (tertiary/aromatic N) is 1. The van der Waals surface area contributed by atoms with Gasteiger partial charge in [-0.15, -0.1) is 0 Å². The number of esters is 1. The average molecular weight is 369 g/mol. The second-order valence-corrected chi connectivity index (χ2v) is 6.01. The predicted molar refractivity (Wildman–Crippen MR) is 106 cm³/mol. The molecule has 0 spiro atoms. The normalized spacial score (nSPS) is 11.0. The maximum atomic E-state index is 12.4. The highest BCUT2D eigenvalue weighted by atomic mass is 16.5. The molecule has 6 nitrogen and oxygen atoms in total. The van der Waals surface area contributed by atoms with Crippen molar-refractivity contribution in [3.8, 4) is 5.75 Å². The number of methoxy groups -OCH3 is 1. The van der Waals surface area contributed by atoms with Gasteiger partial charge in [-0.25, -0.2) is 9.59 Å². The van der Waals surface area contributed by atoms with Gasteiger partial charge in [0.1, 0.15) is 5.56 Å². The van der Waals surface area contributed by atoms with Crippen molar-refractivity contribution in [3.05, 3.63) is 46.3 Å². The second-order valence-electron chi connectivity index (χ2n) is 6.01. The highest BCUT2D eigenvalue weighted by Crippen LogP contribution is 2.43. The molecule has 6 heteroatoms.